The molecule has 0 heterocycles. The van der Waals surface area contributed by atoms with Crippen LogP contribution in [0.1, 0.15) is 27.0 Å². The van der Waals surface area contributed by atoms with Crippen molar-refractivity contribution in [3.8, 4) is 5.75 Å². The number of phenols is 1. The standard InChI is InChI=1S/C14H14O3/c1-7-4-10-6-11(15)5-8(2)12(10)9(3)13(7)14(16)17/h4-6,15H,1-3H3,(H,16,17). The molecule has 0 radical (unpaired) electrons. The van der Waals surface area contributed by atoms with Gasteiger partial charge in [-0.3, -0.25) is 0 Å². The number of benzene rings is 2. The Labute approximate surface area is 99.3 Å². The molecule has 0 aliphatic rings. The molecule has 2 N–H and O–H groups in total. The Morgan fingerprint density at radius 2 is 1.71 bits per heavy atom. The number of fused-ring (bicyclic) bond motifs is 1. The SMILES string of the molecule is Cc1cc2cc(O)cc(C)c2c(C)c1C(=O)O. The van der Waals surface area contributed by atoms with Gasteiger partial charge in [-0.1, -0.05) is 6.07 Å². The van der Waals surface area contributed by atoms with Gasteiger partial charge >= 0.3 is 5.97 Å². The zero-order chi connectivity index (χ0) is 12.7. The molecule has 0 bridgehead atoms. The van der Waals surface area contributed by atoms with E-state index in [9.17, 15) is 15.0 Å². The molecule has 88 valence electrons. The van der Waals surface area contributed by atoms with Crippen LogP contribution in [0.3, 0.4) is 0 Å². The molecule has 0 spiro atoms. The topological polar surface area (TPSA) is 57.5 Å². The van der Waals surface area contributed by atoms with Gasteiger partial charge < -0.3 is 10.2 Å². The van der Waals surface area contributed by atoms with Gasteiger partial charge in [0.05, 0.1) is 5.56 Å². The molecule has 0 saturated heterocycles. The fourth-order valence-electron chi connectivity index (χ4n) is 2.48. The molecular weight excluding hydrogens is 216 g/mol. The van der Waals surface area contributed by atoms with E-state index in [0.717, 1.165) is 21.9 Å². The lowest BCUT2D eigenvalue weighted by Gasteiger charge is -2.12. The van der Waals surface area contributed by atoms with E-state index < -0.39 is 5.97 Å². The number of aromatic carboxylic acids is 1. The fourth-order valence-corrected chi connectivity index (χ4v) is 2.48. The molecule has 2 rings (SSSR count). The molecule has 0 saturated carbocycles. The Morgan fingerprint density at radius 1 is 1.06 bits per heavy atom. The molecule has 2 aromatic rings. The van der Waals surface area contributed by atoms with Gasteiger partial charge in [-0.2, -0.15) is 0 Å². The van der Waals surface area contributed by atoms with Crippen LogP contribution < -0.4 is 0 Å². The molecule has 0 aliphatic heterocycles. The van der Waals surface area contributed by atoms with Crippen LogP contribution in [0.4, 0.5) is 0 Å². The predicted molar refractivity (Wildman–Crippen MR) is 66.8 cm³/mol. The molecule has 3 nitrogen and oxygen atoms in total. The van der Waals surface area contributed by atoms with Gasteiger partial charge in [0.25, 0.3) is 0 Å². The number of aromatic hydroxyl groups is 1. The van der Waals surface area contributed by atoms with Gasteiger partial charge in [-0.25, -0.2) is 4.79 Å². The number of carboxylic acid groups (broad SMARTS) is 1. The minimum Gasteiger partial charge on any atom is -0.508 e. The van der Waals surface area contributed by atoms with E-state index in [0.29, 0.717) is 11.1 Å². The number of hydrogen-bond acceptors (Lipinski definition) is 2. The largest absolute Gasteiger partial charge is 0.508 e. The smallest absolute Gasteiger partial charge is 0.336 e. The van der Waals surface area contributed by atoms with E-state index in [1.165, 1.54) is 0 Å². The summed E-state index contributed by atoms with van der Waals surface area (Å²) in [6.45, 7) is 5.45. The fraction of sp³-hybridized carbons (Fsp3) is 0.214. The van der Waals surface area contributed by atoms with Crippen molar-refractivity contribution in [2.45, 2.75) is 20.8 Å². The molecule has 0 atom stereocenters. The highest BCUT2D eigenvalue weighted by Gasteiger charge is 2.15. The van der Waals surface area contributed by atoms with Crippen molar-refractivity contribution in [3.63, 3.8) is 0 Å². The van der Waals surface area contributed by atoms with Gasteiger partial charge in [0.15, 0.2) is 0 Å². The van der Waals surface area contributed by atoms with Crippen LogP contribution in [0.5, 0.6) is 5.75 Å². The van der Waals surface area contributed by atoms with Crippen LogP contribution in [-0.2, 0) is 0 Å². The van der Waals surface area contributed by atoms with E-state index in [4.69, 9.17) is 0 Å². The third-order valence-corrected chi connectivity index (χ3v) is 3.08. The number of aryl methyl sites for hydroxylation is 3. The Balaban J connectivity index is 2.97. The van der Waals surface area contributed by atoms with Crippen molar-refractivity contribution in [1.82, 2.24) is 0 Å². The van der Waals surface area contributed by atoms with Crippen LogP contribution in [0.25, 0.3) is 10.8 Å². The van der Waals surface area contributed by atoms with Crippen LogP contribution in [0, 0.1) is 20.8 Å². The number of carboxylic acids is 1. The number of rotatable bonds is 1. The number of hydrogen-bond donors (Lipinski definition) is 2. The average Bonchev–Trinajstić information content (AvgIpc) is 2.13. The van der Waals surface area contributed by atoms with E-state index in [1.54, 1.807) is 25.1 Å². The first-order valence-electron chi connectivity index (χ1n) is 5.38. The molecule has 0 aliphatic carbocycles. The van der Waals surface area contributed by atoms with Gasteiger partial charge in [0, 0.05) is 0 Å². The zero-order valence-corrected chi connectivity index (χ0v) is 10.0. The van der Waals surface area contributed by atoms with E-state index in [-0.39, 0.29) is 5.75 Å². The van der Waals surface area contributed by atoms with Gasteiger partial charge in [0.2, 0.25) is 0 Å². The third kappa shape index (κ3) is 1.73. The first kappa shape index (κ1) is 11.5. The lowest BCUT2D eigenvalue weighted by Crippen LogP contribution is -2.04. The molecule has 17 heavy (non-hydrogen) atoms. The monoisotopic (exact) mass is 230 g/mol. The highest BCUT2D eigenvalue weighted by atomic mass is 16.4. The van der Waals surface area contributed by atoms with Gasteiger partial charge in [-0.15, -0.1) is 0 Å². The number of phenolic OH excluding ortho intramolecular Hbond substituents is 1. The summed E-state index contributed by atoms with van der Waals surface area (Å²) >= 11 is 0. The Bertz CT molecular complexity index is 627. The van der Waals surface area contributed by atoms with Crippen molar-refractivity contribution in [1.29, 1.82) is 0 Å². The first-order valence-corrected chi connectivity index (χ1v) is 5.38. The molecule has 2 aromatic carbocycles. The Morgan fingerprint density at radius 3 is 2.29 bits per heavy atom. The maximum absolute atomic E-state index is 11.2. The molecule has 3 heteroatoms. The van der Waals surface area contributed by atoms with Crippen molar-refractivity contribution < 1.29 is 15.0 Å². The second-order valence-electron chi connectivity index (χ2n) is 4.36. The number of carbonyl (C=O) groups is 1. The second kappa shape index (κ2) is 3.77. The Hall–Kier alpha value is -2.03. The summed E-state index contributed by atoms with van der Waals surface area (Å²) in [4.78, 5) is 11.2. The third-order valence-electron chi connectivity index (χ3n) is 3.08. The van der Waals surface area contributed by atoms with Crippen molar-refractivity contribution in [2.24, 2.45) is 0 Å². The average molecular weight is 230 g/mol. The first-order chi connectivity index (χ1) is 7.91. The van der Waals surface area contributed by atoms with Crippen molar-refractivity contribution in [2.75, 3.05) is 0 Å². The van der Waals surface area contributed by atoms with E-state index in [2.05, 4.69) is 0 Å². The van der Waals surface area contributed by atoms with Crippen LogP contribution >= 0.6 is 0 Å². The van der Waals surface area contributed by atoms with Crippen molar-refractivity contribution in [3.05, 3.63) is 40.5 Å². The second-order valence-corrected chi connectivity index (χ2v) is 4.36. The summed E-state index contributed by atoms with van der Waals surface area (Å²) < 4.78 is 0. The molecule has 0 aromatic heterocycles. The predicted octanol–water partition coefficient (Wildman–Crippen LogP) is 3.17. The van der Waals surface area contributed by atoms with E-state index >= 15 is 0 Å². The highest BCUT2D eigenvalue weighted by molar-refractivity contribution is 6.00. The maximum Gasteiger partial charge on any atom is 0.336 e. The van der Waals surface area contributed by atoms with Crippen LogP contribution in [0.15, 0.2) is 18.2 Å². The van der Waals surface area contributed by atoms with E-state index in [1.807, 2.05) is 13.8 Å². The molecule has 0 fully saturated rings. The van der Waals surface area contributed by atoms with Crippen LogP contribution in [0.2, 0.25) is 0 Å². The normalized spacial score (nSPS) is 10.8. The molecular formula is C14H14O3. The maximum atomic E-state index is 11.2. The summed E-state index contributed by atoms with van der Waals surface area (Å²) in [7, 11) is 0. The van der Waals surface area contributed by atoms with Gasteiger partial charge in [-0.05, 0) is 60.4 Å². The highest BCUT2D eigenvalue weighted by Crippen LogP contribution is 2.30. The summed E-state index contributed by atoms with van der Waals surface area (Å²) in [5, 5.41) is 20.5. The summed E-state index contributed by atoms with van der Waals surface area (Å²) in [5.74, 6) is -0.703. The van der Waals surface area contributed by atoms with Crippen molar-refractivity contribution >= 4 is 16.7 Å². The summed E-state index contributed by atoms with van der Waals surface area (Å²) in [6, 6.07) is 5.11. The van der Waals surface area contributed by atoms with Crippen LogP contribution in [-0.4, -0.2) is 16.2 Å². The van der Waals surface area contributed by atoms with Gasteiger partial charge in [0.1, 0.15) is 5.75 Å². The lowest BCUT2D eigenvalue weighted by atomic mass is 9.93. The summed E-state index contributed by atoms with van der Waals surface area (Å²) in [6.07, 6.45) is 0. The molecule has 0 amide bonds. The zero-order valence-electron chi connectivity index (χ0n) is 10.0. The quantitative estimate of drug-likeness (QED) is 0.791. The lowest BCUT2D eigenvalue weighted by molar-refractivity contribution is 0.0695. The minimum atomic E-state index is -0.908. The Kier molecular flexibility index (Phi) is 2.54. The minimum absolute atomic E-state index is 0.205. The molecule has 0 unspecified atom stereocenters. The summed E-state index contributed by atoms with van der Waals surface area (Å²) in [5.41, 5.74) is 2.71.